The zero-order chi connectivity index (χ0) is 19.8. The van der Waals surface area contributed by atoms with Gasteiger partial charge in [0.2, 0.25) is 11.8 Å². The minimum atomic E-state index is -1.01. The number of aliphatic carboxylic acids is 1. The van der Waals surface area contributed by atoms with E-state index in [9.17, 15) is 14.4 Å². The summed E-state index contributed by atoms with van der Waals surface area (Å²) in [6, 6.07) is 12.9. The highest BCUT2D eigenvalue weighted by Gasteiger charge is 2.08. The summed E-state index contributed by atoms with van der Waals surface area (Å²) in [6.07, 6.45) is -0.288. The van der Waals surface area contributed by atoms with Gasteiger partial charge in [-0.05, 0) is 55.3 Å². The van der Waals surface area contributed by atoms with Crippen molar-refractivity contribution >= 4 is 40.9 Å². The van der Waals surface area contributed by atoms with Crippen LogP contribution in [-0.4, -0.2) is 28.6 Å². The normalized spacial score (nSPS) is 10.3. The van der Waals surface area contributed by atoms with Gasteiger partial charge in [-0.3, -0.25) is 14.4 Å². The number of thioether (sulfide) groups is 1. The van der Waals surface area contributed by atoms with Crippen LogP contribution in [0.5, 0.6) is 0 Å². The molecule has 0 bridgehead atoms. The Kier molecular flexibility index (Phi) is 7.43. The van der Waals surface area contributed by atoms with Gasteiger partial charge in [0, 0.05) is 22.7 Å². The number of hydrogen-bond acceptors (Lipinski definition) is 4. The van der Waals surface area contributed by atoms with E-state index in [4.69, 9.17) is 5.11 Å². The number of hydrogen-bond donors (Lipinski definition) is 3. The lowest BCUT2D eigenvalue weighted by atomic mass is 10.1. The number of carboxylic acid groups (broad SMARTS) is 1. The lowest BCUT2D eigenvalue weighted by molar-refractivity contribution is -0.138. The van der Waals surface area contributed by atoms with E-state index in [1.165, 1.54) is 17.3 Å². The summed E-state index contributed by atoms with van der Waals surface area (Å²) in [5.41, 5.74) is 3.63. The molecule has 2 aromatic carbocycles. The van der Waals surface area contributed by atoms with E-state index in [0.29, 0.717) is 5.69 Å². The first-order valence-electron chi connectivity index (χ1n) is 8.45. The van der Waals surface area contributed by atoms with Crippen LogP contribution < -0.4 is 10.6 Å². The van der Waals surface area contributed by atoms with Crippen molar-refractivity contribution in [3.8, 4) is 0 Å². The monoisotopic (exact) mass is 386 g/mol. The lowest BCUT2D eigenvalue weighted by Gasteiger charge is -2.09. The molecule has 0 saturated heterocycles. The maximum atomic E-state index is 12.1. The first-order chi connectivity index (χ1) is 12.8. The number of rotatable bonds is 8. The molecule has 0 saturated carbocycles. The second kappa shape index (κ2) is 9.78. The molecular formula is C20H22N2O4S. The number of aryl methyl sites for hydroxylation is 2. The van der Waals surface area contributed by atoms with Crippen molar-refractivity contribution in [2.24, 2.45) is 0 Å². The molecular weight excluding hydrogens is 364 g/mol. The van der Waals surface area contributed by atoms with Crippen LogP contribution in [0, 0.1) is 13.8 Å². The Morgan fingerprint density at radius 3 is 2.30 bits per heavy atom. The van der Waals surface area contributed by atoms with E-state index < -0.39 is 5.97 Å². The number of amides is 2. The van der Waals surface area contributed by atoms with Crippen molar-refractivity contribution in [3.63, 3.8) is 0 Å². The van der Waals surface area contributed by atoms with E-state index in [2.05, 4.69) is 10.6 Å². The standard InChI is InChI=1S/C20H22N2O4S/c1-13-6-7-16(10-14(13)2)22-19(24)12-27-17-5-3-4-15(11-17)21-18(23)8-9-20(25)26/h3-7,10-11H,8-9,12H2,1-2H3,(H,21,23)(H,22,24)(H,25,26). The third-order valence-corrected chi connectivity index (χ3v) is 4.84. The Hall–Kier alpha value is -2.80. The first kappa shape index (κ1) is 20.5. The third-order valence-electron chi connectivity index (χ3n) is 3.84. The number of nitrogens with one attached hydrogen (secondary N) is 2. The van der Waals surface area contributed by atoms with E-state index in [1.54, 1.807) is 18.2 Å². The highest BCUT2D eigenvalue weighted by Crippen LogP contribution is 2.22. The van der Waals surface area contributed by atoms with Gasteiger partial charge in [-0.15, -0.1) is 11.8 Å². The van der Waals surface area contributed by atoms with Crippen molar-refractivity contribution in [2.45, 2.75) is 31.6 Å². The van der Waals surface area contributed by atoms with Crippen LogP contribution in [-0.2, 0) is 14.4 Å². The number of carbonyl (C=O) groups is 3. The van der Waals surface area contributed by atoms with Crippen LogP contribution in [0.3, 0.4) is 0 Å². The summed E-state index contributed by atoms with van der Waals surface area (Å²) in [4.78, 5) is 35.2. The molecule has 0 fully saturated rings. The molecule has 2 amide bonds. The molecule has 0 aliphatic carbocycles. The fraction of sp³-hybridized carbons (Fsp3) is 0.250. The molecule has 3 N–H and O–H groups in total. The maximum absolute atomic E-state index is 12.1. The van der Waals surface area contributed by atoms with Gasteiger partial charge < -0.3 is 15.7 Å². The Bertz CT molecular complexity index is 852. The van der Waals surface area contributed by atoms with E-state index in [1.807, 2.05) is 38.1 Å². The molecule has 6 nitrogen and oxygen atoms in total. The fourth-order valence-corrected chi connectivity index (χ4v) is 3.03. The van der Waals surface area contributed by atoms with Crippen LogP contribution in [0.4, 0.5) is 11.4 Å². The Balaban J connectivity index is 1.86. The molecule has 2 rings (SSSR count). The second-order valence-corrected chi connectivity index (χ2v) is 7.15. The van der Waals surface area contributed by atoms with Gasteiger partial charge in [0.15, 0.2) is 0 Å². The summed E-state index contributed by atoms with van der Waals surface area (Å²) in [7, 11) is 0. The van der Waals surface area contributed by atoms with Crippen molar-refractivity contribution < 1.29 is 19.5 Å². The average Bonchev–Trinajstić information content (AvgIpc) is 2.62. The summed E-state index contributed by atoms with van der Waals surface area (Å²) in [6.45, 7) is 4.01. The Labute approximate surface area is 162 Å². The van der Waals surface area contributed by atoms with Gasteiger partial charge in [-0.2, -0.15) is 0 Å². The Morgan fingerprint density at radius 1 is 0.889 bits per heavy atom. The van der Waals surface area contributed by atoms with Crippen LogP contribution in [0.15, 0.2) is 47.4 Å². The summed E-state index contributed by atoms with van der Waals surface area (Å²) in [5, 5.41) is 14.1. The summed E-state index contributed by atoms with van der Waals surface area (Å²) >= 11 is 1.36. The Morgan fingerprint density at radius 2 is 1.59 bits per heavy atom. The van der Waals surface area contributed by atoms with Gasteiger partial charge in [-0.25, -0.2) is 0 Å². The highest BCUT2D eigenvalue weighted by molar-refractivity contribution is 8.00. The second-order valence-electron chi connectivity index (χ2n) is 6.11. The molecule has 7 heteroatoms. The quantitative estimate of drug-likeness (QED) is 0.599. The van der Waals surface area contributed by atoms with Crippen molar-refractivity contribution in [2.75, 3.05) is 16.4 Å². The van der Waals surface area contributed by atoms with Crippen LogP contribution in [0.25, 0.3) is 0 Å². The predicted molar refractivity (Wildman–Crippen MR) is 107 cm³/mol. The van der Waals surface area contributed by atoms with Gasteiger partial charge in [0.05, 0.1) is 12.2 Å². The van der Waals surface area contributed by atoms with E-state index in [0.717, 1.165) is 16.1 Å². The third kappa shape index (κ3) is 7.15. The van der Waals surface area contributed by atoms with Gasteiger partial charge in [0.1, 0.15) is 0 Å². The molecule has 0 radical (unpaired) electrons. The highest BCUT2D eigenvalue weighted by atomic mass is 32.2. The lowest BCUT2D eigenvalue weighted by Crippen LogP contribution is -2.14. The molecule has 0 aromatic heterocycles. The average molecular weight is 386 g/mol. The maximum Gasteiger partial charge on any atom is 0.303 e. The summed E-state index contributed by atoms with van der Waals surface area (Å²) < 4.78 is 0. The number of benzene rings is 2. The van der Waals surface area contributed by atoms with Crippen molar-refractivity contribution in [1.82, 2.24) is 0 Å². The molecule has 0 aliphatic heterocycles. The summed E-state index contributed by atoms with van der Waals surface area (Å²) in [5.74, 6) is -1.24. The van der Waals surface area contributed by atoms with Crippen molar-refractivity contribution in [3.05, 3.63) is 53.6 Å². The van der Waals surface area contributed by atoms with Gasteiger partial charge in [0.25, 0.3) is 0 Å². The van der Waals surface area contributed by atoms with Gasteiger partial charge in [-0.1, -0.05) is 12.1 Å². The molecule has 27 heavy (non-hydrogen) atoms. The molecule has 142 valence electrons. The zero-order valence-corrected chi connectivity index (χ0v) is 16.1. The first-order valence-corrected chi connectivity index (χ1v) is 9.43. The topological polar surface area (TPSA) is 95.5 Å². The van der Waals surface area contributed by atoms with Crippen LogP contribution >= 0.6 is 11.8 Å². The van der Waals surface area contributed by atoms with Crippen LogP contribution in [0.1, 0.15) is 24.0 Å². The molecule has 0 unspecified atom stereocenters. The number of anilines is 2. The SMILES string of the molecule is Cc1ccc(NC(=O)CSc2cccc(NC(=O)CCC(=O)O)c2)cc1C. The van der Waals surface area contributed by atoms with E-state index >= 15 is 0 Å². The molecule has 0 aliphatic rings. The molecule has 0 spiro atoms. The minimum Gasteiger partial charge on any atom is -0.481 e. The largest absolute Gasteiger partial charge is 0.481 e. The van der Waals surface area contributed by atoms with E-state index in [-0.39, 0.29) is 30.4 Å². The smallest absolute Gasteiger partial charge is 0.303 e. The van der Waals surface area contributed by atoms with Gasteiger partial charge >= 0.3 is 5.97 Å². The fourth-order valence-electron chi connectivity index (χ4n) is 2.27. The predicted octanol–water partition coefficient (Wildman–Crippen LogP) is 3.84. The molecule has 0 atom stereocenters. The molecule has 2 aromatic rings. The number of carbonyl (C=O) groups excluding carboxylic acids is 2. The zero-order valence-electron chi connectivity index (χ0n) is 15.2. The molecule has 0 heterocycles. The number of carboxylic acids is 1. The van der Waals surface area contributed by atoms with Crippen molar-refractivity contribution in [1.29, 1.82) is 0 Å². The minimum absolute atomic E-state index is 0.0783. The van der Waals surface area contributed by atoms with Crippen LogP contribution in [0.2, 0.25) is 0 Å².